The van der Waals surface area contributed by atoms with Crippen LogP contribution < -0.4 is 10.9 Å². The number of carbonyl (C=O) groups is 3. The molecule has 3 aromatic carbocycles. The number of H-pyrrole nitrogens is 1. The Hall–Kier alpha value is -4.76. The molecular formula is C32H36N5O4+. The van der Waals surface area contributed by atoms with Crippen molar-refractivity contribution in [1.29, 1.82) is 0 Å². The quantitative estimate of drug-likeness (QED) is 0.151. The van der Waals surface area contributed by atoms with Gasteiger partial charge < -0.3 is 14.2 Å². The highest BCUT2D eigenvalue weighted by molar-refractivity contribution is 5.96. The summed E-state index contributed by atoms with van der Waals surface area (Å²) in [6.45, 7) is 2.16. The van der Waals surface area contributed by atoms with Crippen LogP contribution >= 0.6 is 0 Å². The lowest BCUT2D eigenvalue weighted by Crippen LogP contribution is -2.47. The number of nitrogens with zero attached hydrogens (tertiary/aromatic N) is 2. The van der Waals surface area contributed by atoms with Gasteiger partial charge in [0.1, 0.15) is 12.4 Å². The van der Waals surface area contributed by atoms with E-state index in [2.05, 4.69) is 15.8 Å². The van der Waals surface area contributed by atoms with Gasteiger partial charge in [-0.05, 0) is 12.1 Å². The summed E-state index contributed by atoms with van der Waals surface area (Å²) in [5, 5.41) is 0. The highest BCUT2D eigenvalue weighted by Gasteiger charge is 2.25. The van der Waals surface area contributed by atoms with E-state index in [4.69, 9.17) is 9.72 Å². The zero-order chi connectivity index (χ0) is 29.4. The van der Waals surface area contributed by atoms with Gasteiger partial charge in [0.05, 0.1) is 39.0 Å². The van der Waals surface area contributed by atoms with Gasteiger partial charge in [-0.15, -0.1) is 0 Å². The minimum atomic E-state index is -0.603. The molecule has 4 aromatic rings. The fourth-order valence-corrected chi connectivity index (χ4v) is 4.39. The maximum Gasteiger partial charge on any atom is 0.306 e. The summed E-state index contributed by atoms with van der Waals surface area (Å²) in [6.07, 6.45) is -0.443. The van der Waals surface area contributed by atoms with Gasteiger partial charge in [-0.25, -0.2) is 4.98 Å². The summed E-state index contributed by atoms with van der Waals surface area (Å²) in [7, 11) is 5.84. The Morgan fingerprint density at radius 2 is 1.44 bits per heavy atom. The van der Waals surface area contributed by atoms with E-state index in [1.165, 1.54) is 0 Å². The molecule has 0 bridgehead atoms. The smallest absolute Gasteiger partial charge is 0.306 e. The van der Waals surface area contributed by atoms with Crippen molar-refractivity contribution in [3.63, 3.8) is 0 Å². The number of likely N-dealkylation sites (N-methyl/N-ethyl adjacent to an activating group) is 1. The van der Waals surface area contributed by atoms with Crippen LogP contribution in [0.3, 0.4) is 0 Å². The molecular weight excluding hydrogens is 518 g/mol. The van der Waals surface area contributed by atoms with Crippen LogP contribution in [-0.4, -0.2) is 66.0 Å². The van der Waals surface area contributed by atoms with Gasteiger partial charge in [0.15, 0.2) is 6.10 Å². The zero-order valence-electron chi connectivity index (χ0n) is 23.8. The Kier molecular flexibility index (Phi) is 9.31. The zero-order valence-corrected chi connectivity index (χ0v) is 23.8. The molecule has 0 aliphatic heterocycles. The minimum Gasteiger partial charge on any atom is -0.456 e. The third-order valence-corrected chi connectivity index (χ3v) is 6.30. The number of nitrogens with one attached hydrogen (secondary N) is 3. The van der Waals surface area contributed by atoms with Crippen LogP contribution in [0.15, 0.2) is 84.9 Å². The number of imidazole rings is 1. The summed E-state index contributed by atoms with van der Waals surface area (Å²) >= 11 is 0. The second-order valence-electron chi connectivity index (χ2n) is 10.8. The number of rotatable bonds is 10. The van der Waals surface area contributed by atoms with Crippen molar-refractivity contribution in [3.05, 3.63) is 90.5 Å². The fraction of sp³-hybridized carbons (Fsp3) is 0.250. The van der Waals surface area contributed by atoms with Crippen molar-refractivity contribution in [2.45, 2.75) is 25.9 Å². The summed E-state index contributed by atoms with van der Waals surface area (Å²) in [5.74, 6) is -0.612. The van der Waals surface area contributed by atoms with E-state index in [1.54, 1.807) is 31.2 Å². The fourth-order valence-electron chi connectivity index (χ4n) is 4.39. The summed E-state index contributed by atoms with van der Waals surface area (Å²) < 4.78 is 5.94. The lowest BCUT2D eigenvalue weighted by molar-refractivity contribution is -0.873. The molecule has 1 atom stereocenters. The van der Waals surface area contributed by atoms with Gasteiger partial charge in [0.25, 0.3) is 5.91 Å². The minimum absolute atomic E-state index is 0.0630. The van der Waals surface area contributed by atoms with Crippen LogP contribution in [-0.2, 0) is 14.3 Å². The number of aromatic nitrogens is 2. The Morgan fingerprint density at radius 1 is 0.829 bits per heavy atom. The molecule has 2 amide bonds. The predicted octanol–water partition coefficient (Wildman–Crippen LogP) is 4.59. The van der Waals surface area contributed by atoms with Crippen molar-refractivity contribution < 1.29 is 23.6 Å². The van der Waals surface area contributed by atoms with E-state index in [9.17, 15) is 14.4 Å². The standard InChI is InChI=1S/C32H35N5O4/c1-5-28(39)41-26(21-37(2,3)4)20-27(38)35-36-32(40)25-18-16-24(17-19-25)31-33-29(22-12-8-6-9-13-22)30(34-31)23-14-10-7-11-15-23/h6-19,26H,5,20-21H2,1-4H3,(H2-,33,34,35,36,38,40)/p+1. The summed E-state index contributed by atoms with van der Waals surface area (Å²) in [6, 6.07) is 26.9. The number of ether oxygens (including phenoxy) is 1. The van der Waals surface area contributed by atoms with Crippen LogP contribution in [0.25, 0.3) is 33.9 Å². The van der Waals surface area contributed by atoms with Gasteiger partial charge in [0, 0.05) is 28.7 Å². The molecule has 0 radical (unpaired) electrons. The third-order valence-electron chi connectivity index (χ3n) is 6.30. The molecule has 4 rings (SSSR count). The molecule has 0 aliphatic carbocycles. The molecule has 212 valence electrons. The van der Waals surface area contributed by atoms with Crippen LogP contribution in [0, 0.1) is 0 Å². The van der Waals surface area contributed by atoms with Gasteiger partial charge in [-0.2, -0.15) is 0 Å². The number of hydrogen-bond donors (Lipinski definition) is 3. The molecule has 0 fully saturated rings. The van der Waals surface area contributed by atoms with Crippen molar-refractivity contribution >= 4 is 17.8 Å². The van der Waals surface area contributed by atoms with Crippen LogP contribution in [0.4, 0.5) is 0 Å². The van der Waals surface area contributed by atoms with Gasteiger partial charge in [-0.3, -0.25) is 25.2 Å². The van der Waals surface area contributed by atoms with Gasteiger partial charge in [-0.1, -0.05) is 79.7 Å². The monoisotopic (exact) mass is 554 g/mol. The number of esters is 1. The molecule has 1 heterocycles. The highest BCUT2D eigenvalue weighted by atomic mass is 16.5. The Labute approximate surface area is 240 Å². The number of hydrogen-bond acceptors (Lipinski definition) is 5. The molecule has 3 N–H and O–H groups in total. The maximum absolute atomic E-state index is 12.7. The summed E-state index contributed by atoms with van der Waals surface area (Å²) in [4.78, 5) is 45.4. The number of quaternary nitrogens is 1. The van der Waals surface area contributed by atoms with Crippen molar-refractivity contribution in [2.24, 2.45) is 0 Å². The van der Waals surface area contributed by atoms with E-state index in [1.807, 2.05) is 81.8 Å². The molecule has 9 heteroatoms. The molecule has 41 heavy (non-hydrogen) atoms. The molecule has 9 nitrogen and oxygen atoms in total. The van der Waals surface area contributed by atoms with Crippen molar-refractivity contribution in [3.8, 4) is 33.9 Å². The van der Waals surface area contributed by atoms with Crippen LogP contribution in [0.1, 0.15) is 30.1 Å². The van der Waals surface area contributed by atoms with Gasteiger partial charge in [0.2, 0.25) is 5.91 Å². The second-order valence-corrected chi connectivity index (χ2v) is 10.8. The number of amides is 2. The molecule has 0 saturated heterocycles. The Balaban J connectivity index is 1.44. The normalized spacial score (nSPS) is 11.9. The third kappa shape index (κ3) is 8.12. The topological polar surface area (TPSA) is 113 Å². The number of hydrazine groups is 1. The van der Waals surface area contributed by atoms with Crippen molar-refractivity contribution in [2.75, 3.05) is 27.7 Å². The first-order valence-corrected chi connectivity index (χ1v) is 13.5. The van der Waals surface area contributed by atoms with E-state index >= 15 is 0 Å². The average Bonchev–Trinajstić information content (AvgIpc) is 3.41. The maximum atomic E-state index is 12.7. The van der Waals surface area contributed by atoms with Crippen LogP contribution in [0.5, 0.6) is 0 Å². The largest absolute Gasteiger partial charge is 0.456 e. The van der Waals surface area contributed by atoms with Crippen LogP contribution in [0.2, 0.25) is 0 Å². The van der Waals surface area contributed by atoms with E-state index in [0.717, 1.165) is 28.1 Å². The highest BCUT2D eigenvalue weighted by Crippen LogP contribution is 2.32. The first-order chi connectivity index (χ1) is 19.6. The molecule has 1 aromatic heterocycles. The second kappa shape index (κ2) is 13.1. The SMILES string of the molecule is CCC(=O)OC(CC(=O)NNC(=O)c1ccc(-c2nc(-c3ccccc3)c(-c3ccccc3)[nH]2)cc1)C[N+](C)(C)C. The van der Waals surface area contributed by atoms with E-state index in [0.29, 0.717) is 22.4 Å². The predicted molar refractivity (Wildman–Crippen MR) is 158 cm³/mol. The van der Waals surface area contributed by atoms with Gasteiger partial charge >= 0.3 is 5.97 Å². The lowest BCUT2D eigenvalue weighted by Gasteiger charge is -2.28. The lowest BCUT2D eigenvalue weighted by atomic mass is 10.1. The first kappa shape index (κ1) is 29.2. The Morgan fingerprint density at radius 3 is 2.02 bits per heavy atom. The number of carbonyl (C=O) groups excluding carboxylic acids is 3. The summed E-state index contributed by atoms with van der Waals surface area (Å²) in [5.41, 5.74) is 9.80. The number of benzene rings is 3. The molecule has 1 unspecified atom stereocenters. The Bertz CT molecular complexity index is 1420. The molecule has 0 saturated carbocycles. The van der Waals surface area contributed by atoms with E-state index in [-0.39, 0.29) is 18.8 Å². The molecule has 0 spiro atoms. The number of aromatic amines is 1. The first-order valence-electron chi connectivity index (χ1n) is 13.5. The van der Waals surface area contributed by atoms with E-state index < -0.39 is 17.9 Å². The van der Waals surface area contributed by atoms with Crippen molar-refractivity contribution in [1.82, 2.24) is 20.8 Å². The molecule has 0 aliphatic rings. The average molecular weight is 555 g/mol.